The number of nitrogens with zero attached hydrogens (tertiary/aromatic N) is 5. The number of fused-ring (bicyclic) bond motifs is 1. The van der Waals surface area contributed by atoms with Gasteiger partial charge in [0.05, 0.1) is 35.3 Å². The number of hydrogen-bond acceptors (Lipinski definition) is 6. The second-order valence-electron chi connectivity index (χ2n) is 6.27. The number of rotatable bonds is 6. The first-order chi connectivity index (χ1) is 13.6. The Hall–Kier alpha value is -3.75. The van der Waals surface area contributed by atoms with Crippen LogP contribution in [0.3, 0.4) is 0 Å². The van der Waals surface area contributed by atoms with Crippen LogP contribution in [-0.2, 0) is 7.05 Å². The number of hydrogen-bond donors (Lipinski definition) is 2. The van der Waals surface area contributed by atoms with Crippen LogP contribution in [0.25, 0.3) is 22.3 Å². The number of anilines is 1. The average molecular weight is 377 g/mol. The van der Waals surface area contributed by atoms with Crippen molar-refractivity contribution in [2.45, 2.75) is 13.3 Å². The summed E-state index contributed by atoms with van der Waals surface area (Å²) in [5.74, 6) is 0.185. The number of ether oxygens (including phenoxy) is 1. The van der Waals surface area contributed by atoms with Crippen LogP contribution in [0, 0.1) is 0 Å². The van der Waals surface area contributed by atoms with Crippen molar-refractivity contribution in [1.29, 1.82) is 0 Å². The first kappa shape index (κ1) is 17.7. The molecule has 0 atom stereocenters. The molecule has 0 saturated carbocycles. The zero-order chi connectivity index (χ0) is 19.5. The van der Waals surface area contributed by atoms with E-state index in [4.69, 9.17) is 4.74 Å². The van der Waals surface area contributed by atoms with Crippen LogP contribution in [0.4, 0.5) is 5.82 Å². The zero-order valence-corrected chi connectivity index (χ0v) is 15.5. The summed E-state index contributed by atoms with van der Waals surface area (Å²) in [5, 5.41) is 7.68. The lowest BCUT2D eigenvalue weighted by Crippen LogP contribution is -2.12. The third-order valence-electron chi connectivity index (χ3n) is 4.06. The topological polar surface area (TPSA) is 111 Å². The first-order valence-electron chi connectivity index (χ1n) is 8.87. The van der Waals surface area contributed by atoms with Crippen molar-refractivity contribution in [3.05, 3.63) is 48.5 Å². The smallest absolute Gasteiger partial charge is 0.316 e. The number of aromatic nitrogens is 6. The van der Waals surface area contributed by atoms with E-state index in [2.05, 4.69) is 30.4 Å². The Morgan fingerprint density at radius 3 is 2.96 bits per heavy atom. The van der Waals surface area contributed by atoms with Crippen molar-refractivity contribution in [3.63, 3.8) is 0 Å². The Morgan fingerprint density at radius 1 is 1.29 bits per heavy atom. The van der Waals surface area contributed by atoms with E-state index in [1.54, 1.807) is 36.4 Å². The van der Waals surface area contributed by atoms with Gasteiger partial charge in [-0.05, 0) is 18.6 Å². The highest BCUT2D eigenvalue weighted by Crippen LogP contribution is 2.24. The van der Waals surface area contributed by atoms with Crippen LogP contribution in [0.2, 0.25) is 0 Å². The highest BCUT2D eigenvalue weighted by atomic mass is 16.5. The largest absolute Gasteiger partial charge is 0.463 e. The monoisotopic (exact) mass is 377 g/mol. The molecular formula is C19H19N7O2. The molecule has 0 fully saturated rings. The Labute approximate surface area is 160 Å². The third kappa shape index (κ3) is 3.68. The second-order valence-corrected chi connectivity index (χ2v) is 6.27. The number of amides is 1. The third-order valence-corrected chi connectivity index (χ3v) is 4.06. The summed E-state index contributed by atoms with van der Waals surface area (Å²) in [7, 11) is 1.76. The number of aromatic amines is 1. The number of nitrogens with one attached hydrogen (secondary N) is 2. The minimum Gasteiger partial charge on any atom is -0.463 e. The van der Waals surface area contributed by atoms with Gasteiger partial charge in [0.1, 0.15) is 5.82 Å². The Balaban J connectivity index is 1.57. The van der Waals surface area contributed by atoms with Crippen molar-refractivity contribution in [1.82, 2.24) is 29.7 Å². The molecule has 0 aromatic carbocycles. The Kier molecular flexibility index (Phi) is 4.71. The van der Waals surface area contributed by atoms with Gasteiger partial charge in [0, 0.05) is 37.1 Å². The van der Waals surface area contributed by atoms with E-state index in [-0.39, 0.29) is 5.91 Å². The molecule has 4 aromatic rings. The molecule has 0 aliphatic carbocycles. The lowest BCUT2D eigenvalue weighted by atomic mass is 10.2. The molecule has 0 aliphatic rings. The normalized spacial score (nSPS) is 10.9. The molecule has 9 heteroatoms. The molecule has 4 rings (SSSR count). The number of aryl methyl sites for hydroxylation is 1. The molecular weight excluding hydrogens is 358 g/mol. The maximum Gasteiger partial charge on any atom is 0.316 e. The molecule has 9 nitrogen and oxygen atoms in total. The van der Waals surface area contributed by atoms with E-state index < -0.39 is 0 Å². The van der Waals surface area contributed by atoms with Crippen LogP contribution < -0.4 is 10.1 Å². The summed E-state index contributed by atoms with van der Waals surface area (Å²) in [6.07, 6.45) is 7.40. The van der Waals surface area contributed by atoms with Crippen LogP contribution in [0.1, 0.15) is 23.7 Å². The average Bonchev–Trinajstić information content (AvgIpc) is 3.32. The van der Waals surface area contributed by atoms with E-state index in [9.17, 15) is 4.79 Å². The van der Waals surface area contributed by atoms with Gasteiger partial charge < -0.3 is 15.0 Å². The van der Waals surface area contributed by atoms with Crippen LogP contribution in [-0.4, -0.2) is 42.2 Å². The molecule has 0 unspecified atom stereocenters. The molecule has 4 heterocycles. The first-order valence-corrected chi connectivity index (χ1v) is 8.87. The lowest BCUT2D eigenvalue weighted by molar-refractivity contribution is 0.102. The molecule has 142 valence electrons. The Bertz CT molecular complexity index is 1130. The number of pyridine rings is 1. The summed E-state index contributed by atoms with van der Waals surface area (Å²) >= 11 is 0. The maximum absolute atomic E-state index is 12.3. The van der Waals surface area contributed by atoms with Crippen molar-refractivity contribution < 1.29 is 9.53 Å². The Morgan fingerprint density at radius 2 is 2.18 bits per heavy atom. The van der Waals surface area contributed by atoms with Crippen LogP contribution >= 0.6 is 0 Å². The summed E-state index contributed by atoms with van der Waals surface area (Å²) in [6, 6.07) is 5.88. The van der Waals surface area contributed by atoms with Gasteiger partial charge in [-0.1, -0.05) is 6.92 Å². The zero-order valence-electron chi connectivity index (χ0n) is 15.5. The van der Waals surface area contributed by atoms with Crippen molar-refractivity contribution >= 4 is 22.6 Å². The van der Waals surface area contributed by atoms with Gasteiger partial charge in [0.2, 0.25) is 0 Å². The van der Waals surface area contributed by atoms with E-state index >= 15 is 0 Å². The summed E-state index contributed by atoms with van der Waals surface area (Å²) in [5.41, 5.74) is 2.84. The molecule has 1 amide bonds. The second kappa shape index (κ2) is 7.47. The fourth-order valence-corrected chi connectivity index (χ4v) is 2.71. The van der Waals surface area contributed by atoms with Crippen LogP contribution in [0.15, 0.2) is 43.0 Å². The molecule has 28 heavy (non-hydrogen) atoms. The molecule has 2 N–H and O–H groups in total. The number of carbonyl (C=O) groups excluding carboxylic acids is 1. The predicted molar refractivity (Wildman–Crippen MR) is 104 cm³/mol. The molecule has 4 aromatic heterocycles. The van der Waals surface area contributed by atoms with Gasteiger partial charge in [-0.2, -0.15) is 10.1 Å². The van der Waals surface area contributed by atoms with Gasteiger partial charge in [-0.15, -0.1) is 0 Å². The van der Waals surface area contributed by atoms with Crippen molar-refractivity contribution in [2.24, 2.45) is 7.05 Å². The van der Waals surface area contributed by atoms with Crippen molar-refractivity contribution in [3.8, 4) is 17.4 Å². The highest BCUT2D eigenvalue weighted by molar-refractivity contribution is 6.04. The quantitative estimate of drug-likeness (QED) is 0.534. The molecule has 0 radical (unpaired) electrons. The van der Waals surface area contributed by atoms with Crippen LogP contribution in [0.5, 0.6) is 6.01 Å². The molecule has 0 saturated heterocycles. The van der Waals surface area contributed by atoms with E-state index in [1.807, 2.05) is 19.1 Å². The lowest BCUT2D eigenvalue weighted by Gasteiger charge is -2.03. The van der Waals surface area contributed by atoms with Gasteiger partial charge in [-0.25, -0.2) is 9.97 Å². The van der Waals surface area contributed by atoms with Gasteiger partial charge in [-0.3, -0.25) is 9.48 Å². The number of carbonyl (C=O) groups is 1. The minimum atomic E-state index is -0.264. The fourth-order valence-electron chi connectivity index (χ4n) is 2.71. The van der Waals surface area contributed by atoms with Gasteiger partial charge in [0.15, 0.2) is 0 Å². The summed E-state index contributed by atoms with van der Waals surface area (Å²) in [4.78, 5) is 28.4. The summed E-state index contributed by atoms with van der Waals surface area (Å²) < 4.78 is 7.07. The molecule has 0 bridgehead atoms. The fraction of sp³-hybridized carbons (Fsp3) is 0.211. The van der Waals surface area contributed by atoms with Gasteiger partial charge >= 0.3 is 6.01 Å². The minimum absolute atomic E-state index is 0.264. The maximum atomic E-state index is 12.3. The highest BCUT2D eigenvalue weighted by Gasteiger charge is 2.11. The van der Waals surface area contributed by atoms with E-state index in [1.165, 1.54) is 6.20 Å². The van der Waals surface area contributed by atoms with E-state index in [0.717, 1.165) is 28.7 Å². The standard InChI is InChI=1S/C19H19N7O2/c1-3-6-28-19-20-5-4-14(24-19)16-7-12-9-21-17(8-15(12)23-16)25-18(27)13-10-22-26(2)11-13/h4-5,7-11,23H,3,6H2,1-2H3,(H,21,25,27). The predicted octanol–water partition coefficient (Wildman–Crippen LogP) is 2.79. The summed E-state index contributed by atoms with van der Waals surface area (Å²) in [6.45, 7) is 2.60. The molecule has 0 spiro atoms. The molecule has 0 aliphatic heterocycles. The van der Waals surface area contributed by atoms with Gasteiger partial charge in [0.25, 0.3) is 5.91 Å². The number of H-pyrrole nitrogens is 1. The SMILES string of the molecule is CCCOc1nccc(-c2cc3cnc(NC(=O)c4cnn(C)c4)cc3[nH]2)n1. The van der Waals surface area contributed by atoms with Crippen molar-refractivity contribution in [2.75, 3.05) is 11.9 Å². The van der Waals surface area contributed by atoms with E-state index in [0.29, 0.717) is 24.0 Å².